The van der Waals surface area contributed by atoms with Crippen molar-refractivity contribution in [3.8, 4) is 0 Å². The Balaban J connectivity index is 1.40. The number of amides is 1. The summed E-state index contributed by atoms with van der Waals surface area (Å²) in [6.45, 7) is 2.99. The van der Waals surface area contributed by atoms with Crippen LogP contribution in [0.15, 0.2) is 48.8 Å². The topological polar surface area (TPSA) is 56.7 Å². The van der Waals surface area contributed by atoms with Crippen LogP contribution in [0.2, 0.25) is 0 Å². The zero-order chi connectivity index (χ0) is 16.5. The molecule has 0 saturated carbocycles. The number of carbonyl (C=O) groups is 1. The van der Waals surface area contributed by atoms with E-state index >= 15 is 0 Å². The first kappa shape index (κ1) is 15.3. The highest BCUT2D eigenvalue weighted by molar-refractivity contribution is 5.94. The second-order valence-corrected chi connectivity index (χ2v) is 6.48. The first-order valence-corrected chi connectivity index (χ1v) is 8.43. The van der Waals surface area contributed by atoms with Crippen molar-refractivity contribution in [2.75, 3.05) is 26.2 Å². The van der Waals surface area contributed by atoms with E-state index in [1.54, 1.807) is 24.5 Å². The van der Waals surface area contributed by atoms with Crippen LogP contribution in [0.1, 0.15) is 27.6 Å². The van der Waals surface area contributed by atoms with Crippen molar-refractivity contribution < 1.29 is 9.90 Å². The van der Waals surface area contributed by atoms with Gasteiger partial charge >= 0.3 is 0 Å². The van der Waals surface area contributed by atoms with Crippen LogP contribution in [0.25, 0.3) is 0 Å². The lowest BCUT2D eigenvalue weighted by Gasteiger charge is -2.39. The maximum Gasteiger partial charge on any atom is 0.254 e. The van der Waals surface area contributed by atoms with Crippen LogP contribution >= 0.6 is 0 Å². The molecule has 2 atom stereocenters. The van der Waals surface area contributed by atoms with Crippen molar-refractivity contribution >= 4 is 5.91 Å². The highest BCUT2D eigenvalue weighted by atomic mass is 16.3. The second-order valence-electron chi connectivity index (χ2n) is 6.48. The molecule has 5 heteroatoms. The molecule has 0 radical (unpaired) electrons. The zero-order valence-corrected chi connectivity index (χ0v) is 13.5. The Morgan fingerprint density at radius 1 is 1.04 bits per heavy atom. The molecule has 1 aromatic carbocycles. The Kier molecular flexibility index (Phi) is 4.04. The fourth-order valence-electron chi connectivity index (χ4n) is 3.82. The Bertz CT molecular complexity index is 726. The minimum atomic E-state index is -0.427. The number of aliphatic hydroxyl groups is 1. The van der Waals surface area contributed by atoms with Gasteiger partial charge in [0, 0.05) is 50.2 Å². The van der Waals surface area contributed by atoms with Crippen LogP contribution in [0.3, 0.4) is 0 Å². The zero-order valence-electron chi connectivity index (χ0n) is 13.5. The fourth-order valence-corrected chi connectivity index (χ4v) is 3.82. The molecule has 4 rings (SSSR count). The molecule has 1 fully saturated rings. The third-order valence-corrected chi connectivity index (χ3v) is 5.17. The van der Waals surface area contributed by atoms with Crippen molar-refractivity contribution in [1.82, 2.24) is 14.8 Å². The minimum absolute atomic E-state index is 0.0623. The minimum Gasteiger partial charge on any atom is -0.387 e. The average molecular weight is 323 g/mol. The molecular weight excluding hydrogens is 302 g/mol. The largest absolute Gasteiger partial charge is 0.387 e. The van der Waals surface area contributed by atoms with Gasteiger partial charge in [-0.2, -0.15) is 0 Å². The fraction of sp³-hybridized carbons (Fsp3) is 0.368. The summed E-state index contributed by atoms with van der Waals surface area (Å²) in [5.74, 6) is 0.0623. The summed E-state index contributed by atoms with van der Waals surface area (Å²) in [7, 11) is 0. The van der Waals surface area contributed by atoms with Crippen molar-refractivity contribution in [3.63, 3.8) is 0 Å². The van der Waals surface area contributed by atoms with E-state index in [1.807, 2.05) is 23.1 Å². The number of hydrogen-bond donors (Lipinski definition) is 1. The molecule has 1 amide bonds. The van der Waals surface area contributed by atoms with Crippen LogP contribution in [0.5, 0.6) is 0 Å². The number of nitrogens with zero attached hydrogens (tertiary/aromatic N) is 3. The van der Waals surface area contributed by atoms with Crippen LogP contribution in [0.4, 0.5) is 0 Å². The molecule has 24 heavy (non-hydrogen) atoms. The molecule has 0 spiro atoms. The summed E-state index contributed by atoms with van der Waals surface area (Å²) < 4.78 is 0. The van der Waals surface area contributed by atoms with Gasteiger partial charge in [-0.25, -0.2) is 0 Å². The van der Waals surface area contributed by atoms with Gasteiger partial charge in [-0.05, 0) is 29.7 Å². The first-order valence-electron chi connectivity index (χ1n) is 8.43. The van der Waals surface area contributed by atoms with Crippen LogP contribution in [-0.2, 0) is 6.42 Å². The van der Waals surface area contributed by atoms with Gasteiger partial charge in [0.25, 0.3) is 5.91 Å². The van der Waals surface area contributed by atoms with E-state index < -0.39 is 6.10 Å². The van der Waals surface area contributed by atoms with E-state index in [0.717, 1.165) is 25.1 Å². The monoisotopic (exact) mass is 323 g/mol. The lowest BCUT2D eigenvalue weighted by atomic mass is 10.1. The van der Waals surface area contributed by atoms with Crippen molar-refractivity contribution in [3.05, 3.63) is 65.5 Å². The number of piperazine rings is 1. The summed E-state index contributed by atoms with van der Waals surface area (Å²) in [5, 5.41) is 10.6. The molecule has 2 aromatic rings. The van der Waals surface area contributed by atoms with Crippen molar-refractivity contribution in [2.24, 2.45) is 0 Å². The van der Waals surface area contributed by atoms with Gasteiger partial charge in [0.05, 0.1) is 6.10 Å². The Morgan fingerprint density at radius 3 is 2.46 bits per heavy atom. The summed E-state index contributed by atoms with van der Waals surface area (Å²) in [4.78, 5) is 20.7. The molecule has 2 heterocycles. The summed E-state index contributed by atoms with van der Waals surface area (Å²) >= 11 is 0. The molecule has 1 aliphatic heterocycles. The molecule has 2 aliphatic rings. The molecule has 1 N–H and O–H groups in total. The molecule has 124 valence electrons. The highest BCUT2D eigenvalue weighted by Gasteiger charge is 2.36. The summed E-state index contributed by atoms with van der Waals surface area (Å²) in [5.41, 5.74) is 2.98. The van der Waals surface area contributed by atoms with Gasteiger partial charge in [0.1, 0.15) is 0 Å². The van der Waals surface area contributed by atoms with E-state index in [1.165, 1.54) is 5.56 Å². The maximum absolute atomic E-state index is 12.5. The number of carbonyl (C=O) groups excluding carboxylic acids is 1. The molecular formula is C19H21N3O2. The third kappa shape index (κ3) is 2.70. The first-order chi connectivity index (χ1) is 11.7. The van der Waals surface area contributed by atoms with E-state index in [0.29, 0.717) is 18.7 Å². The van der Waals surface area contributed by atoms with Gasteiger partial charge in [-0.15, -0.1) is 0 Å². The standard InChI is InChI=1S/C19H21N3O2/c23-18-16-4-2-1-3-15(16)13-17(18)21-9-11-22(12-10-21)19(24)14-5-7-20-8-6-14/h1-8,17-18,23H,9-13H2/t17-,18+/m0/s1. The number of hydrogen-bond acceptors (Lipinski definition) is 4. The molecule has 0 bridgehead atoms. The number of pyridine rings is 1. The SMILES string of the molecule is O=C(c1ccncc1)N1CCN([C@H]2Cc3ccccc3[C@H]2O)CC1. The molecule has 0 unspecified atom stereocenters. The van der Waals surface area contributed by atoms with Crippen LogP contribution in [0, 0.1) is 0 Å². The Hall–Kier alpha value is -2.24. The molecule has 5 nitrogen and oxygen atoms in total. The van der Waals surface area contributed by atoms with Crippen molar-refractivity contribution in [1.29, 1.82) is 0 Å². The number of benzene rings is 1. The number of rotatable bonds is 2. The average Bonchev–Trinajstić information content (AvgIpc) is 2.99. The van der Waals surface area contributed by atoms with Gasteiger partial charge in [-0.3, -0.25) is 14.7 Å². The lowest BCUT2D eigenvalue weighted by molar-refractivity contribution is 0.0255. The Labute approximate surface area is 141 Å². The Morgan fingerprint density at radius 2 is 1.75 bits per heavy atom. The van der Waals surface area contributed by atoms with Crippen molar-refractivity contribution in [2.45, 2.75) is 18.6 Å². The predicted molar refractivity (Wildman–Crippen MR) is 90.6 cm³/mol. The third-order valence-electron chi connectivity index (χ3n) is 5.17. The number of aromatic nitrogens is 1. The maximum atomic E-state index is 12.5. The molecule has 1 aliphatic carbocycles. The quantitative estimate of drug-likeness (QED) is 0.910. The normalized spacial score (nSPS) is 24.0. The molecule has 1 aromatic heterocycles. The molecule has 1 saturated heterocycles. The lowest BCUT2D eigenvalue weighted by Crippen LogP contribution is -2.53. The van der Waals surface area contributed by atoms with Gasteiger partial charge in [-0.1, -0.05) is 24.3 Å². The highest BCUT2D eigenvalue weighted by Crippen LogP contribution is 2.34. The predicted octanol–water partition coefficient (Wildman–Crippen LogP) is 1.50. The van der Waals surface area contributed by atoms with Gasteiger partial charge in [0.15, 0.2) is 0 Å². The van der Waals surface area contributed by atoms with E-state index in [2.05, 4.69) is 16.0 Å². The summed E-state index contributed by atoms with van der Waals surface area (Å²) in [6, 6.07) is 11.8. The van der Waals surface area contributed by atoms with Crippen LogP contribution < -0.4 is 0 Å². The van der Waals surface area contributed by atoms with Gasteiger partial charge in [0.2, 0.25) is 0 Å². The van der Waals surface area contributed by atoms with E-state index in [9.17, 15) is 9.90 Å². The van der Waals surface area contributed by atoms with Crippen LogP contribution in [-0.4, -0.2) is 58.0 Å². The number of aliphatic hydroxyl groups excluding tert-OH is 1. The van der Waals surface area contributed by atoms with E-state index in [4.69, 9.17) is 0 Å². The summed E-state index contributed by atoms with van der Waals surface area (Å²) in [6.07, 6.45) is 3.75. The number of fused-ring (bicyclic) bond motifs is 1. The smallest absolute Gasteiger partial charge is 0.254 e. The van der Waals surface area contributed by atoms with E-state index in [-0.39, 0.29) is 11.9 Å². The second kappa shape index (κ2) is 6.34. The van der Waals surface area contributed by atoms with Gasteiger partial charge < -0.3 is 10.0 Å².